The van der Waals surface area contributed by atoms with Crippen LogP contribution in [0.2, 0.25) is 0 Å². The molecule has 1 N–H and O–H groups in total. The SMILES string of the molecule is CCNC(CC1CCCC1)C1CCC(CC)C1. The molecule has 2 fully saturated rings. The maximum Gasteiger partial charge on any atom is 0.00979 e. The van der Waals surface area contributed by atoms with E-state index in [4.69, 9.17) is 0 Å². The zero-order chi connectivity index (χ0) is 12.1. The molecule has 17 heavy (non-hydrogen) atoms. The zero-order valence-electron chi connectivity index (χ0n) is 11.9. The van der Waals surface area contributed by atoms with E-state index in [-0.39, 0.29) is 0 Å². The zero-order valence-corrected chi connectivity index (χ0v) is 11.9. The molecule has 0 saturated heterocycles. The fourth-order valence-corrected chi connectivity index (χ4v) is 4.16. The van der Waals surface area contributed by atoms with Crippen molar-refractivity contribution < 1.29 is 0 Å². The van der Waals surface area contributed by atoms with Gasteiger partial charge < -0.3 is 5.32 Å². The molecule has 3 atom stereocenters. The average Bonchev–Trinajstić information content (AvgIpc) is 2.99. The van der Waals surface area contributed by atoms with Gasteiger partial charge in [0.15, 0.2) is 0 Å². The van der Waals surface area contributed by atoms with Gasteiger partial charge in [-0.1, -0.05) is 52.4 Å². The van der Waals surface area contributed by atoms with Gasteiger partial charge in [-0.05, 0) is 43.6 Å². The van der Waals surface area contributed by atoms with E-state index in [9.17, 15) is 0 Å². The minimum atomic E-state index is 0.833. The van der Waals surface area contributed by atoms with Crippen LogP contribution in [0, 0.1) is 17.8 Å². The Morgan fingerprint density at radius 1 is 1.00 bits per heavy atom. The van der Waals surface area contributed by atoms with E-state index in [1.165, 1.54) is 57.8 Å². The first kappa shape index (κ1) is 13.4. The Morgan fingerprint density at radius 3 is 2.35 bits per heavy atom. The topological polar surface area (TPSA) is 12.0 Å². The monoisotopic (exact) mass is 237 g/mol. The number of hydrogen-bond donors (Lipinski definition) is 1. The van der Waals surface area contributed by atoms with Crippen LogP contribution in [-0.4, -0.2) is 12.6 Å². The van der Waals surface area contributed by atoms with Crippen molar-refractivity contribution in [3.05, 3.63) is 0 Å². The van der Waals surface area contributed by atoms with E-state index in [2.05, 4.69) is 19.2 Å². The number of rotatable bonds is 6. The Hall–Kier alpha value is -0.0400. The fraction of sp³-hybridized carbons (Fsp3) is 1.00. The average molecular weight is 237 g/mol. The second-order valence-electron chi connectivity index (χ2n) is 6.40. The van der Waals surface area contributed by atoms with Crippen molar-refractivity contribution in [2.45, 2.75) is 77.7 Å². The highest BCUT2D eigenvalue weighted by molar-refractivity contribution is 4.86. The van der Waals surface area contributed by atoms with Gasteiger partial charge in [-0.25, -0.2) is 0 Å². The Kier molecular flexibility index (Phi) is 5.34. The molecule has 3 unspecified atom stereocenters. The van der Waals surface area contributed by atoms with Gasteiger partial charge >= 0.3 is 0 Å². The van der Waals surface area contributed by atoms with E-state index >= 15 is 0 Å². The highest BCUT2D eigenvalue weighted by Gasteiger charge is 2.31. The molecule has 0 radical (unpaired) electrons. The molecule has 100 valence electrons. The van der Waals surface area contributed by atoms with Crippen LogP contribution < -0.4 is 5.32 Å². The molecule has 1 nitrogen and oxygen atoms in total. The number of nitrogens with one attached hydrogen (secondary N) is 1. The summed E-state index contributed by atoms with van der Waals surface area (Å²) >= 11 is 0. The molecular formula is C16H31N. The second-order valence-corrected chi connectivity index (χ2v) is 6.40. The number of hydrogen-bond acceptors (Lipinski definition) is 1. The third-order valence-corrected chi connectivity index (χ3v) is 5.26. The molecule has 0 aromatic carbocycles. The van der Waals surface area contributed by atoms with Crippen molar-refractivity contribution >= 4 is 0 Å². The molecule has 2 aliphatic carbocycles. The standard InChI is InChI=1S/C16H31N/c1-3-13-9-10-15(11-13)16(17-4-2)12-14-7-5-6-8-14/h13-17H,3-12H2,1-2H3. The van der Waals surface area contributed by atoms with Crippen LogP contribution in [0.5, 0.6) is 0 Å². The molecule has 0 heterocycles. The third-order valence-electron chi connectivity index (χ3n) is 5.26. The molecular weight excluding hydrogens is 206 g/mol. The van der Waals surface area contributed by atoms with Gasteiger partial charge in [-0.3, -0.25) is 0 Å². The van der Waals surface area contributed by atoms with E-state index in [0.29, 0.717) is 0 Å². The molecule has 0 aromatic rings. The predicted molar refractivity (Wildman–Crippen MR) is 75.2 cm³/mol. The van der Waals surface area contributed by atoms with Gasteiger partial charge in [0.25, 0.3) is 0 Å². The summed E-state index contributed by atoms with van der Waals surface area (Å²) in [4.78, 5) is 0. The Morgan fingerprint density at radius 2 is 1.76 bits per heavy atom. The van der Waals surface area contributed by atoms with Crippen LogP contribution in [0.4, 0.5) is 0 Å². The Balaban J connectivity index is 1.83. The summed E-state index contributed by atoms with van der Waals surface area (Å²) in [5.41, 5.74) is 0. The summed E-state index contributed by atoms with van der Waals surface area (Å²) in [5.74, 6) is 3.06. The molecule has 0 bridgehead atoms. The predicted octanol–water partition coefficient (Wildman–Crippen LogP) is 4.37. The summed E-state index contributed by atoms with van der Waals surface area (Å²) in [6.45, 7) is 5.80. The van der Waals surface area contributed by atoms with Crippen LogP contribution >= 0.6 is 0 Å². The van der Waals surface area contributed by atoms with Gasteiger partial charge in [-0.2, -0.15) is 0 Å². The molecule has 0 aromatic heterocycles. The van der Waals surface area contributed by atoms with Crippen molar-refractivity contribution in [3.8, 4) is 0 Å². The van der Waals surface area contributed by atoms with Gasteiger partial charge in [0.05, 0.1) is 0 Å². The quantitative estimate of drug-likeness (QED) is 0.723. The maximum atomic E-state index is 3.80. The highest BCUT2D eigenvalue weighted by atomic mass is 14.9. The minimum Gasteiger partial charge on any atom is -0.314 e. The van der Waals surface area contributed by atoms with Crippen molar-refractivity contribution in [1.82, 2.24) is 5.32 Å². The van der Waals surface area contributed by atoms with Crippen LogP contribution in [0.15, 0.2) is 0 Å². The third kappa shape index (κ3) is 3.71. The fourth-order valence-electron chi connectivity index (χ4n) is 4.16. The van der Waals surface area contributed by atoms with Crippen LogP contribution in [-0.2, 0) is 0 Å². The van der Waals surface area contributed by atoms with Gasteiger partial charge in [0.1, 0.15) is 0 Å². The maximum absolute atomic E-state index is 3.80. The lowest BCUT2D eigenvalue weighted by Gasteiger charge is -2.27. The van der Waals surface area contributed by atoms with Crippen LogP contribution in [0.25, 0.3) is 0 Å². The second kappa shape index (κ2) is 6.78. The highest BCUT2D eigenvalue weighted by Crippen LogP contribution is 2.38. The summed E-state index contributed by atoms with van der Waals surface area (Å²) in [6, 6.07) is 0.833. The van der Waals surface area contributed by atoms with Crippen LogP contribution in [0.1, 0.15) is 71.6 Å². The smallest absolute Gasteiger partial charge is 0.00979 e. The first-order chi connectivity index (χ1) is 8.33. The first-order valence-electron chi connectivity index (χ1n) is 8.06. The molecule has 1 heteroatoms. The molecule has 2 aliphatic rings. The largest absolute Gasteiger partial charge is 0.314 e. The lowest BCUT2D eigenvalue weighted by Crippen LogP contribution is -2.36. The summed E-state index contributed by atoms with van der Waals surface area (Å²) in [7, 11) is 0. The van der Waals surface area contributed by atoms with Crippen molar-refractivity contribution in [2.24, 2.45) is 17.8 Å². The molecule has 2 rings (SSSR count). The van der Waals surface area contributed by atoms with E-state index in [0.717, 1.165) is 30.3 Å². The normalized spacial score (nSPS) is 32.1. The van der Waals surface area contributed by atoms with Crippen molar-refractivity contribution in [3.63, 3.8) is 0 Å². The van der Waals surface area contributed by atoms with Crippen molar-refractivity contribution in [2.75, 3.05) is 6.54 Å². The van der Waals surface area contributed by atoms with E-state index in [1.54, 1.807) is 0 Å². The molecule has 0 amide bonds. The molecule has 0 aliphatic heterocycles. The molecule has 2 saturated carbocycles. The van der Waals surface area contributed by atoms with E-state index < -0.39 is 0 Å². The summed E-state index contributed by atoms with van der Waals surface area (Å²) in [6.07, 6.45) is 13.3. The Bertz CT molecular complexity index is 208. The Labute approximate surface area is 108 Å². The summed E-state index contributed by atoms with van der Waals surface area (Å²) in [5, 5.41) is 3.80. The summed E-state index contributed by atoms with van der Waals surface area (Å²) < 4.78 is 0. The van der Waals surface area contributed by atoms with E-state index in [1.807, 2.05) is 0 Å². The first-order valence-corrected chi connectivity index (χ1v) is 8.06. The van der Waals surface area contributed by atoms with Crippen molar-refractivity contribution in [1.29, 1.82) is 0 Å². The lowest BCUT2D eigenvalue weighted by molar-refractivity contribution is 0.291. The minimum absolute atomic E-state index is 0.833. The van der Waals surface area contributed by atoms with Gasteiger partial charge in [0.2, 0.25) is 0 Å². The van der Waals surface area contributed by atoms with Gasteiger partial charge in [-0.15, -0.1) is 0 Å². The van der Waals surface area contributed by atoms with Gasteiger partial charge in [0, 0.05) is 6.04 Å². The molecule has 0 spiro atoms. The lowest BCUT2D eigenvalue weighted by atomic mass is 9.87. The van der Waals surface area contributed by atoms with Crippen LogP contribution in [0.3, 0.4) is 0 Å².